The third-order valence-corrected chi connectivity index (χ3v) is 5.11. The van der Waals surface area contributed by atoms with Crippen molar-refractivity contribution in [3.05, 3.63) is 35.4 Å². The number of carbonyl (C=O) groups is 2. The van der Waals surface area contributed by atoms with Crippen LogP contribution in [0.2, 0.25) is 0 Å². The van der Waals surface area contributed by atoms with Gasteiger partial charge in [-0.05, 0) is 45.1 Å². The Balaban J connectivity index is 1.35. The fourth-order valence-electron chi connectivity index (χ4n) is 3.83. The summed E-state index contributed by atoms with van der Waals surface area (Å²) in [6.07, 6.45) is 3.93. The molecule has 5 heteroatoms. The Hall–Kier alpha value is -1.88. The van der Waals surface area contributed by atoms with E-state index in [4.69, 9.17) is 4.74 Å². The molecule has 1 atom stereocenters. The second kappa shape index (κ2) is 6.93. The Morgan fingerprint density at radius 2 is 1.88 bits per heavy atom. The van der Waals surface area contributed by atoms with Crippen LogP contribution in [0.5, 0.6) is 0 Å². The molecule has 5 nitrogen and oxygen atoms in total. The number of rotatable bonds is 4. The molecule has 1 aromatic rings. The van der Waals surface area contributed by atoms with E-state index >= 15 is 0 Å². The zero-order valence-corrected chi connectivity index (χ0v) is 14.4. The van der Waals surface area contributed by atoms with Crippen molar-refractivity contribution in [2.75, 3.05) is 13.2 Å². The lowest BCUT2D eigenvalue weighted by atomic mass is 9.64. The molecule has 2 N–H and O–H groups in total. The third-order valence-electron chi connectivity index (χ3n) is 5.11. The summed E-state index contributed by atoms with van der Waals surface area (Å²) in [6, 6.07) is 8.28. The van der Waals surface area contributed by atoms with Crippen LogP contribution in [0.4, 0.5) is 0 Å². The summed E-state index contributed by atoms with van der Waals surface area (Å²) < 4.78 is 5.62. The normalized spacial score (nSPS) is 28.4. The lowest BCUT2D eigenvalue weighted by Gasteiger charge is -2.44. The van der Waals surface area contributed by atoms with E-state index in [-0.39, 0.29) is 11.5 Å². The van der Waals surface area contributed by atoms with Crippen LogP contribution in [0.25, 0.3) is 0 Å². The van der Waals surface area contributed by atoms with E-state index in [9.17, 15) is 9.59 Å². The Kier molecular flexibility index (Phi) is 4.90. The monoisotopic (exact) mass is 330 g/mol. The maximum absolute atomic E-state index is 11.9. The number of benzene rings is 1. The van der Waals surface area contributed by atoms with Crippen LogP contribution < -0.4 is 10.6 Å². The van der Waals surface area contributed by atoms with Gasteiger partial charge in [0.05, 0.1) is 12.7 Å². The maximum atomic E-state index is 11.9. The van der Waals surface area contributed by atoms with E-state index in [1.165, 1.54) is 5.56 Å². The Morgan fingerprint density at radius 1 is 1.17 bits per heavy atom. The topological polar surface area (TPSA) is 67.4 Å². The summed E-state index contributed by atoms with van der Waals surface area (Å²) in [5.41, 5.74) is 2.60. The molecule has 1 saturated carbocycles. The van der Waals surface area contributed by atoms with Crippen molar-refractivity contribution in [3.63, 3.8) is 0 Å². The molecule has 1 saturated heterocycles. The van der Waals surface area contributed by atoms with Crippen LogP contribution in [0.3, 0.4) is 0 Å². The molecule has 1 aliphatic heterocycles. The molecule has 1 spiro atoms. The van der Waals surface area contributed by atoms with Crippen molar-refractivity contribution in [1.29, 1.82) is 0 Å². The number of carbonyl (C=O) groups excluding carboxylic acids is 2. The second-order valence-corrected chi connectivity index (χ2v) is 7.40. The van der Waals surface area contributed by atoms with E-state index in [1.54, 1.807) is 0 Å². The Labute approximate surface area is 143 Å². The molecular weight excluding hydrogens is 304 g/mol. The van der Waals surface area contributed by atoms with Crippen molar-refractivity contribution in [1.82, 2.24) is 10.6 Å². The van der Waals surface area contributed by atoms with Gasteiger partial charge in [-0.25, -0.2) is 0 Å². The second-order valence-electron chi connectivity index (χ2n) is 7.40. The SMILES string of the molecule is Cc1ccc(CCNC(=O)C(=O)NC2CC3(COC(C)C3)C2)cc1. The zero-order chi connectivity index (χ0) is 17.2. The van der Waals surface area contributed by atoms with Crippen molar-refractivity contribution in [2.24, 2.45) is 5.41 Å². The predicted molar refractivity (Wildman–Crippen MR) is 91.5 cm³/mol. The average Bonchev–Trinajstić information content (AvgIpc) is 2.91. The summed E-state index contributed by atoms with van der Waals surface area (Å²) >= 11 is 0. The molecule has 1 heterocycles. The number of amides is 2. The number of hydrogen-bond donors (Lipinski definition) is 2. The highest BCUT2D eigenvalue weighted by Gasteiger charge is 2.49. The quantitative estimate of drug-likeness (QED) is 0.826. The highest BCUT2D eigenvalue weighted by atomic mass is 16.5. The van der Waals surface area contributed by atoms with E-state index in [0.29, 0.717) is 12.6 Å². The molecule has 0 aromatic heterocycles. The summed E-state index contributed by atoms with van der Waals surface area (Å²) in [4.78, 5) is 23.8. The average molecular weight is 330 g/mol. The molecule has 1 aliphatic carbocycles. The van der Waals surface area contributed by atoms with Crippen LogP contribution in [-0.2, 0) is 20.7 Å². The van der Waals surface area contributed by atoms with Gasteiger partial charge >= 0.3 is 11.8 Å². The van der Waals surface area contributed by atoms with Crippen molar-refractivity contribution in [2.45, 2.75) is 51.7 Å². The third kappa shape index (κ3) is 3.96. The molecule has 2 amide bonds. The summed E-state index contributed by atoms with van der Waals surface area (Å²) in [7, 11) is 0. The van der Waals surface area contributed by atoms with E-state index in [2.05, 4.69) is 17.6 Å². The van der Waals surface area contributed by atoms with Gasteiger partial charge in [0.2, 0.25) is 0 Å². The number of aryl methyl sites for hydroxylation is 1. The Bertz CT molecular complexity index is 606. The van der Waals surface area contributed by atoms with Gasteiger partial charge in [0, 0.05) is 18.0 Å². The minimum Gasteiger partial charge on any atom is -0.378 e. The Morgan fingerprint density at radius 3 is 2.50 bits per heavy atom. The molecule has 0 radical (unpaired) electrons. The smallest absolute Gasteiger partial charge is 0.309 e. The van der Waals surface area contributed by atoms with Crippen molar-refractivity contribution in [3.8, 4) is 0 Å². The van der Waals surface area contributed by atoms with Gasteiger partial charge in [0.15, 0.2) is 0 Å². The summed E-state index contributed by atoms with van der Waals surface area (Å²) in [5.74, 6) is -1.06. The molecule has 3 rings (SSSR count). The van der Waals surface area contributed by atoms with Gasteiger partial charge in [-0.3, -0.25) is 9.59 Å². The minimum atomic E-state index is -0.542. The largest absolute Gasteiger partial charge is 0.378 e. The fourth-order valence-corrected chi connectivity index (χ4v) is 3.83. The number of ether oxygens (including phenoxy) is 1. The standard InChI is InChI=1S/C19H26N2O3/c1-13-3-5-15(6-4-13)7-8-20-17(22)18(23)21-16-10-19(11-16)9-14(2)24-12-19/h3-6,14,16H,7-12H2,1-2H3,(H,20,22)(H,21,23). The zero-order valence-electron chi connectivity index (χ0n) is 14.4. The highest BCUT2D eigenvalue weighted by Crippen LogP contribution is 2.49. The minimum absolute atomic E-state index is 0.106. The van der Waals surface area contributed by atoms with Crippen LogP contribution in [0, 0.1) is 12.3 Å². The molecule has 2 fully saturated rings. The first-order valence-electron chi connectivity index (χ1n) is 8.72. The maximum Gasteiger partial charge on any atom is 0.309 e. The molecule has 1 aromatic carbocycles. The van der Waals surface area contributed by atoms with Crippen molar-refractivity contribution < 1.29 is 14.3 Å². The molecule has 2 aliphatic rings. The van der Waals surface area contributed by atoms with Crippen LogP contribution in [-0.4, -0.2) is 37.1 Å². The van der Waals surface area contributed by atoms with Gasteiger partial charge < -0.3 is 15.4 Å². The van der Waals surface area contributed by atoms with E-state index in [0.717, 1.165) is 37.9 Å². The van der Waals surface area contributed by atoms with Crippen LogP contribution in [0.15, 0.2) is 24.3 Å². The van der Waals surface area contributed by atoms with Gasteiger partial charge in [-0.1, -0.05) is 29.8 Å². The van der Waals surface area contributed by atoms with Gasteiger partial charge in [-0.2, -0.15) is 0 Å². The predicted octanol–water partition coefficient (Wildman–Crippen LogP) is 1.73. The van der Waals surface area contributed by atoms with Gasteiger partial charge in [0.25, 0.3) is 0 Å². The molecule has 1 unspecified atom stereocenters. The molecule has 24 heavy (non-hydrogen) atoms. The van der Waals surface area contributed by atoms with E-state index in [1.807, 2.05) is 31.2 Å². The lowest BCUT2D eigenvalue weighted by molar-refractivity contribution is -0.140. The highest BCUT2D eigenvalue weighted by molar-refractivity contribution is 6.35. The molecule has 0 bridgehead atoms. The lowest BCUT2D eigenvalue weighted by Crippen LogP contribution is -2.54. The number of nitrogens with one attached hydrogen (secondary N) is 2. The van der Waals surface area contributed by atoms with Crippen LogP contribution >= 0.6 is 0 Å². The number of hydrogen-bond acceptors (Lipinski definition) is 3. The fraction of sp³-hybridized carbons (Fsp3) is 0.579. The molecular formula is C19H26N2O3. The summed E-state index contributed by atoms with van der Waals surface area (Å²) in [5, 5.41) is 5.52. The van der Waals surface area contributed by atoms with Gasteiger partial charge in [-0.15, -0.1) is 0 Å². The first kappa shape index (κ1) is 17.0. The first-order chi connectivity index (χ1) is 11.5. The summed E-state index contributed by atoms with van der Waals surface area (Å²) in [6.45, 7) is 5.37. The molecule has 130 valence electrons. The van der Waals surface area contributed by atoms with Gasteiger partial charge in [0.1, 0.15) is 0 Å². The first-order valence-corrected chi connectivity index (χ1v) is 8.72. The van der Waals surface area contributed by atoms with Crippen LogP contribution in [0.1, 0.15) is 37.3 Å². The van der Waals surface area contributed by atoms with E-state index < -0.39 is 11.8 Å². The van der Waals surface area contributed by atoms with Crippen molar-refractivity contribution >= 4 is 11.8 Å².